The Morgan fingerprint density at radius 1 is 1.30 bits per heavy atom. The normalized spacial score (nSPS) is 11.6. The molecule has 110 valence electrons. The number of ether oxygens (including phenoxy) is 3. The molecule has 0 aromatic heterocycles. The smallest absolute Gasteiger partial charge is 0.306 e. The van der Waals surface area contributed by atoms with Crippen molar-refractivity contribution in [3.63, 3.8) is 0 Å². The highest BCUT2D eigenvalue weighted by Gasteiger charge is 2.25. The minimum atomic E-state index is -0.748. The van der Waals surface area contributed by atoms with Crippen molar-refractivity contribution in [2.45, 2.75) is 26.4 Å². The monoisotopic (exact) mass is 283 g/mol. The molecule has 0 heterocycles. The lowest BCUT2D eigenvalue weighted by molar-refractivity contribution is -0.386. The summed E-state index contributed by atoms with van der Waals surface area (Å²) in [7, 11) is 2.82. The molecule has 0 amide bonds. The van der Waals surface area contributed by atoms with Crippen LogP contribution >= 0.6 is 0 Å². The van der Waals surface area contributed by atoms with Crippen LogP contribution in [0.15, 0.2) is 12.1 Å². The van der Waals surface area contributed by atoms with E-state index in [1.54, 1.807) is 13.8 Å². The molecule has 20 heavy (non-hydrogen) atoms. The average Bonchev–Trinajstić information content (AvgIpc) is 2.45. The van der Waals surface area contributed by atoms with Crippen LogP contribution in [0.3, 0.4) is 0 Å². The van der Waals surface area contributed by atoms with E-state index in [9.17, 15) is 14.9 Å². The van der Waals surface area contributed by atoms with Crippen LogP contribution in [0, 0.1) is 10.1 Å². The van der Waals surface area contributed by atoms with Gasteiger partial charge >= 0.3 is 5.97 Å². The quantitative estimate of drug-likeness (QED) is 0.453. The fourth-order valence-electron chi connectivity index (χ4n) is 1.71. The van der Waals surface area contributed by atoms with Gasteiger partial charge < -0.3 is 14.2 Å². The molecule has 0 fully saturated rings. The molecule has 7 heteroatoms. The molecule has 1 unspecified atom stereocenters. The molecule has 0 N–H and O–H groups in total. The average molecular weight is 283 g/mol. The van der Waals surface area contributed by atoms with Gasteiger partial charge in [-0.1, -0.05) is 6.92 Å². The standard InChI is InChI=1S/C13H17NO6/c1-5-13(15)20-8(2)9-6-11(18-3)12(19-4)7-10(9)14(16)17/h6-8H,5H2,1-4H3. The third kappa shape index (κ3) is 3.37. The van der Waals surface area contributed by atoms with E-state index >= 15 is 0 Å². The third-order valence-corrected chi connectivity index (χ3v) is 2.76. The van der Waals surface area contributed by atoms with Crippen LogP contribution in [0.1, 0.15) is 31.9 Å². The zero-order valence-corrected chi connectivity index (χ0v) is 11.8. The van der Waals surface area contributed by atoms with Gasteiger partial charge in [-0.3, -0.25) is 14.9 Å². The first-order valence-electron chi connectivity index (χ1n) is 6.04. The Hall–Kier alpha value is -2.31. The molecule has 0 saturated carbocycles. The second kappa shape index (κ2) is 6.74. The molecule has 0 saturated heterocycles. The summed E-state index contributed by atoms with van der Waals surface area (Å²) in [5.74, 6) is 0.158. The Bertz CT molecular complexity index is 514. The van der Waals surface area contributed by atoms with E-state index in [0.29, 0.717) is 5.75 Å². The van der Waals surface area contributed by atoms with E-state index in [4.69, 9.17) is 14.2 Å². The van der Waals surface area contributed by atoms with Gasteiger partial charge in [0.15, 0.2) is 11.5 Å². The molecule has 0 spiro atoms. The summed E-state index contributed by atoms with van der Waals surface area (Å²) in [6.07, 6.45) is -0.548. The van der Waals surface area contributed by atoms with Crippen LogP contribution in [0.2, 0.25) is 0 Å². The number of methoxy groups -OCH3 is 2. The second-order valence-corrected chi connectivity index (χ2v) is 4.01. The third-order valence-electron chi connectivity index (χ3n) is 2.76. The molecule has 0 radical (unpaired) electrons. The van der Waals surface area contributed by atoms with Crippen LogP contribution in [-0.4, -0.2) is 25.1 Å². The molecule has 7 nitrogen and oxygen atoms in total. The summed E-state index contributed by atoms with van der Waals surface area (Å²) in [6.45, 7) is 3.22. The largest absolute Gasteiger partial charge is 0.493 e. The highest BCUT2D eigenvalue weighted by molar-refractivity contribution is 5.69. The number of nitro groups is 1. The highest BCUT2D eigenvalue weighted by atomic mass is 16.6. The molecule has 0 aliphatic heterocycles. The first kappa shape index (κ1) is 15.7. The van der Waals surface area contributed by atoms with Gasteiger partial charge in [0, 0.05) is 6.42 Å². The van der Waals surface area contributed by atoms with Crippen molar-refractivity contribution in [1.82, 2.24) is 0 Å². The first-order chi connectivity index (χ1) is 9.44. The Kier molecular flexibility index (Phi) is 5.31. The summed E-state index contributed by atoms with van der Waals surface area (Å²) >= 11 is 0. The minimum Gasteiger partial charge on any atom is -0.493 e. The summed E-state index contributed by atoms with van der Waals surface area (Å²) in [5, 5.41) is 11.1. The molecule has 0 aliphatic rings. The second-order valence-electron chi connectivity index (χ2n) is 4.01. The number of esters is 1. The Morgan fingerprint density at radius 3 is 2.30 bits per heavy atom. The van der Waals surface area contributed by atoms with E-state index in [0.717, 1.165) is 0 Å². The minimum absolute atomic E-state index is 0.181. The number of benzene rings is 1. The molecule has 1 aromatic carbocycles. The van der Waals surface area contributed by atoms with Crippen LogP contribution in [0.25, 0.3) is 0 Å². The van der Waals surface area contributed by atoms with Crippen LogP contribution in [0.4, 0.5) is 5.69 Å². The fourth-order valence-corrected chi connectivity index (χ4v) is 1.71. The summed E-state index contributed by atoms with van der Waals surface area (Å²) in [4.78, 5) is 21.9. The number of carbonyl (C=O) groups excluding carboxylic acids is 1. The Morgan fingerprint density at radius 2 is 1.85 bits per heavy atom. The number of nitro benzene ring substituents is 1. The molecular weight excluding hydrogens is 266 g/mol. The van der Waals surface area contributed by atoms with Gasteiger partial charge in [0.25, 0.3) is 5.69 Å². The van der Waals surface area contributed by atoms with Crippen LogP contribution in [0.5, 0.6) is 11.5 Å². The number of hydrogen-bond acceptors (Lipinski definition) is 6. The zero-order valence-electron chi connectivity index (χ0n) is 11.8. The van der Waals surface area contributed by atoms with Crippen molar-refractivity contribution in [1.29, 1.82) is 0 Å². The van der Waals surface area contributed by atoms with Gasteiger partial charge in [-0.25, -0.2) is 0 Å². The van der Waals surface area contributed by atoms with E-state index in [2.05, 4.69) is 0 Å². The van der Waals surface area contributed by atoms with Gasteiger partial charge in [0.1, 0.15) is 6.10 Å². The van der Waals surface area contributed by atoms with Gasteiger partial charge in [-0.2, -0.15) is 0 Å². The van der Waals surface area contributed by atoms with Gasteiger partial charge in [-0.05, 0) is 13.0 Å². The summed E-state index contributed by atoms with van der Waals surface area (Å²) in [5.41, 5.74) is 0.0773. The van der Waals surface area contributed by atoms with E-state index in [1.807, 2.05) is 0 Å². The lowest BCUT2D eigenvalue weighted by atomic mass is 10.1. The van der Waals surface area contributed by atoms with Crippen LogP contribution < -0.4 is 9.47 Å². The predicted octanol–water partition coefficient (Wildman–Crippen LogP) is 2.63. The number of hydrogen-bond donors (Lipinski definition) is 0. The van der Waals surface area contributed by atoms with E-state index in [-0.39, 0.29) is 23.4 Å². The van der Waals surface area contributed by atoms with Crippen LogP contribution in [-0.2, 0) is 9.53 Å². The predicted molar refractivity (Wildman–Crippen MR) is 71.0 cm³/mol. The maximum atomic E-state index is 11.3. The maximum Gasteiger partial charge on any atom is 0.306 e. The molecule has 1 aromatic rings. The van der Waals surface area contributed by atoms with Crippen molar-refractivity contribution in [2.24, 2.45) is 0 Å². The van der Waals surface area contributed by atoms with Crippen molar-refractivity contribution >= 4 is 11.7 Å². The van der Waals surface area contributed by atoms with Crippen molar-refractivity contribution in [2.75, 3.05) is 14.2 Å². The van der Waals surface area contributed by atoms with Crippen molar-refractivity contribution < 1.29 is 23.9 Å². The molecule has 1 atom stereocenters. The first-order valence-corrected chi connectivity index (χ1v) is 6.04. The van der Waals surface area contributed by atoms with Gasteiger partial charge in [-0.15, -0.1) is 0 Å². The SMILES string of the molecule is CCC(=O)OC(C)c1cc(OC)c(OC)cc1[N+](=O)[O-]. The lowest BCUT2D eigenvalue weighted by Gasteiger charge is -2.15. The Balaban J connectivity index is 3.28. The molecular formula is C13H17NO6. The highest BCUT2D eigenvalue weighted by Crippen LogP contribution is 2.38. The van der Waals surface area contributed by atoms with E-state index < -0.39 is 17.0 Å². The number of rotatable bonds is 6. The fraction of sp³-hybridized carbons (Fsp3) is 0.462. The number of nitrogens with zero attached hydrogens (tertiary/aromatic N) is 1. The molecule has 0 aliphatic carbocycles. The van der Waals surface area contributed by atoms with Gasteiger partial charge in [0.2, 0.25) is 0 Å². The zero-order chi connectivity index (χ0) is 15.3. The Labute approximate surface area is 116 Å². The molecule has 0 bridgehead atoms. The maximum absolute atomic E-state index is 11.3. The molecule has 1 rings (SSSR count). The topological polar surface area (TPSA) is 87.9 Å². The van der Waals surface area contributed by atoms with Crippen molar-refractivity contribution in [3.8, 4) is 11.5 Å². The van der Waals surface area contributed by atoms with E-state index in [1.165, 1.54) is 26.4 Å². The lowest BCUT2D eigenvalue weighted by Crippen LogP contribution is -2.10. The summed E-state index contributed by atoms with van der Waals surface area (Å²) in [6, 6.07) is 2.70. The van der Waals surface area contributed by atoms with Crippen molar-refractivity contribution in [3.05, 3.63) is 27.8 Å². The van der Waals surface area contributed by atoms with Gasteiger partial charge in [0.05, 0.1) is 30.8 Å². The summed E-state index contributed by atoms with van der Waals surface area (Å²) < 4.78 is 15.2. The number of carbonyl (C=O) groups is 1.